The summed E-state index contributed by atoms with van der Waals surface area (Å²) in [4.78, 5) is 0. The van der Waals surface area contributed by atoms with Crippen molar-refractivity contribution in [3.05, 3.63) is 24.0 Å². The third-order valence-corrected chi connectivity index (χ3v) is 3.02. The zero-order valence-corrected chi connectivity index (χ0v) is 11.2. The van der Waals surface area contributed by atoms with Crippen LogP contribution in [0.2, 0.25) is 0 Å². The number of methoxy groups -OCH3 is 1. The molecule has 0 aromatic heterocycles. The van der Waals surface area contributed by atoms with E-state index in [0.29, 0.717) is 11.2 Å². The molecule has 1 saturated heterocycles. The van der Waals surface area contributed by atoms with Gasteiger partial charge in [-0.2, -0.15) is 0 Å². The van der Waals surface area contributed by atoms with Gasteiger partial charge < -0.3 is 14.0 Å². The van der Waals surface area contributed by atoms with Gasteiger partial charge in [-0.1, -0.05) is 6.07 Å². The zero-order chi connectivity index (χ0) is 13.3. The number of benzene rings is 1. The molecule has 3 nitrogen and oxygen atoms in total. The molecule has 0 bridgehead atoms. The first-order chi connectivity index (χ1) is 8.41. The Bertz CT molecular complexity index is 436. The third-order valence-electron chi connectivity index (χ3n) is 3.02. The highest BCUT2D eigenvalue weighted by atomic mass is 19.1. The van der Waals surface area contributed by atoms with Gasteiger partial charge in [0.25, 0.3) is 0 Å². The molecule has 0 N–H and O–H groups in total. The maximum absolute atomic E-state index is 14.0. The predicted molar refractivity (Wildman–Crippen MR) is 68.7 cm³/mol. The monoisotopic (exact) mass is 252 g/mol. The molecule has 1 aliphatic rings. The van der Waals surface area contributed by atoms with Gasteiger partial charge in [0.2, 0.25) is 0 Å². The van der Waals surface area contributed by atoms with E-state index in [-0.39, 0.29) is 17.5 Å². The third kappa shape index (κ3) is 2.84. The molecule has 2 rings (SSSR count). The van der Waals surface area contributed by atoms with Crippen molar-refractivity contribution in [1.29, 1.82) is 0 Å². The molecule has 0 aliphatic carbocycles. The second-order valence-corrected chi connectivity index (χ2v) is 5.25. The average Bonchev–Trinajstić information content (AvgIpc) is 2.25. The van der Waals surface area contributed by atoms with Crippen LogP contribution in [0.25, 0.3) is 0 Å². The normalized spacial score (nSPS) is 22.9. The quantitative estimate of drug-likeness (QED) is 0.754. The van der Waals surface area contributed by atoms with Crippen LogP contribution in [0.5, 0.6) is 5.75 Å². The van der Waals surface area contributed by atoms with Gasteiger partial charge in [0.15, 0.2) is 0 Å². The van der Waals surface area contributed by atoms with Gasteiger partial charge in [-0.15, -0.1) is 0 Å². The summed E-state index contributed by atoms with van der Waals surface area (Å²) in [6, 6.07) is 4.69. The van der Waals surface area contributed by atoms with Crippen molar-refractivity contribution in [3.8, 4) is 5.75 Å². The van der Waals surface area contributed by atoms with Crippen LogP contribution in [0.3, 0.4) is 0 Å². The van der Waals surface area contributed by atoms with Gasteiger partial charge in [0.1, 0.15) is 11.6 Å². The summed E-state index contributed by atoms with van der Waals surface area (Å²) in [5, 5.41) is 0. The van der Waals surface area contributed by atoms with E-state index in [9.17, 15) is 4.39 Å². The van der Waals surface area contributed by atoms with Crippen molar-refractivity contribution in [3.63, 3.8) is 0 Å². The molecular formula is C13H18BFO3. The van der Waals surface area contributed by atoms with Crippen molar-refractivity contribution in [1.82, 2.24) is 0 Å². The lowest BCUT2D eigenvalue weighted by Crippen LogP contribution is -2.52. The molecule has 1 fully saturated rings. The van der Waals surface area contributed by atoms with Crippen molar-refractivity contribution >= 4 is 12.6 Å². The first-order valence-electron chi connectivity index (χ1n) is 6.08. The van der Waals surface area contributed by atoms with Crippen LogP contribution in [-0.4, -0.2) is 25.9 Å². The van der Waals surface area contributed by atoms with Gasteiger partial charge in [-0.05, 0) is 33.3 Å². The Hall–Kier alpha value is -1.07. The van der Waals surface area contributed by atoms with Crippen LogP contribution < -0.4 is 10.2 Å². The molecule has 1 atom stereocenters. The molecular weight excluding hydrogens is 234 g/mol. The number of hydrogen-bond donors (Lipinski definition) is 0. The molecule has 1 aromatic rings. The zero-order valence-electron chi connectivity index (χ0n) is 11.2. The standard InChI is InChI=1S/C13H18BFO3/c1-9-8-13(2,3)18-14(17-9)11-6-5-10(16-4)7-12(11)15/h5-7,9H,8H2,1-4H3. The Balaban J connectivity index is 2.25. The highest BCUT2D eigenvalue weighted by molar-refractivity contribution is 6.61. The lowest BCUT2D eigenvalue weighted by atomic mass is 9.74. The Kier molecular flexibility index (Phi) is 3.64. The summed E-state index contributed by atoms with van der Waals surface area (Å²) < 4.78 is 30.4. The molecule has 0 amide bonds. The Morgan fingerprint density at radius 3 is 2.72 bits per heavy atom. The summed E-state index contributed by atoms with van der Waals surface area (Å²) in [6.07, 6.45) is 0.835. The molecule has 1 aromatic carbocycles. The Labute approximate surface area is 107 Å². The lowest BCUT2D eigenvalue weighted by molar-refractivity contribution is -0.0232. The fraction of sp³-hybridized carbons (Fsp3) is 0.538. The number of rotatable bonds is 2. The summed E-state index contributed by atoms with van der Waals surface area (Å²) in [5.41, 5.74) is 0.102. The maximum Gasteiger partial charge on any atom is 0.497 e. The molecule has 1 heterocycles. The molecule has 0 saturated carbocycles. The van der Waals surface area contributed by atoms with Crippen LogP contribution >= 0.6 is 0 Å². The fourth-order valence-electron chi connectivity index (χ4n) is 2.28. The number of halogens is 1. The SMILES string of the molecule is COc1ccc(B2OC(C)CC(C)(C)O2)c(F)c1. The van der Waals surface area contributed by atoms with Crippen LogP contribution in [-0.2, 0) is 9.31 Å². The largest absolute Gasteiger partial charge is 0.497 e. The second-order valence-electron chi connectivity index (χ2n) is 5.25. The molecule has 18 heavy (non-hydrogen) atoms. The van der Waals surface area contributed by atoms with E-state index < -0.39 is 7.12 Å². The summed E-state index contributed by atoms with van der Waals surface area (Å²) in [6.45, 7) is 5.94. The summed E-state index contributed by atoms with van der Waals surface area (Å²) in [7, 11) is 0.849. The van der Waals surface area contributed by atoms with E-state index in [4.69, 9.17) is 14.0 Å². The van der Waals surface area contributed by atoms with E-state index in [1.54, 1.807) is 12.1 Å². The average molecular weight is 252 g/mol. The topological polar surface area (TPSA) is 27.7 Å². The molecule has 0 radical (unpaired) electrons. The lowest BCUT2D eigenvalue weighted by Gasteiger charge is -2.38. The van der Waals surface area contributed by atoms with Gasteiger partial charge in [-0.3, -0.25) is 0 Å². The summed E-state index contributed by atoms with van der Waals surface area (Å²) >= 11 is 0. The Morgan fingerprint density at radius 1 is 1.44 bits per heavy atom. The highest BCUT2D eigenvalue weighted by Crippen LogP contribution is 2.26. The minimum Gasteiger partial charge on any atom is -0.497 e. The van der Waals surface area contributed by atoms with Crippen LogP contribution in [0.1, 0.15) is 27.2 Å². The molecule has 98 valence electrons. The van der Waals surface area contributed by atoms with Crippen LogP contribution in [0.15, 0.2) is 18.2 Å². The number of ether oxygens (including phenoxy) is 1. The van der Waals surface area contributed by atoms with Crippen molar-refractivity contribution < 1.29 is 18.4 Å². The van der Waals surface area contributed by atoms with Crippen molar-refractivity contribution in [2.45, 2.75) is 38.9 Å². The molecule has 1 aliphatic heterocycles. The first-order valence-corrected chi connectivity index (χ1v) is 6.08. The van der Waals surface area contributed by atoms with E-state index in [1.165, 1.54) is 13.2 Å². The smallest absolute Gasteiger partial charge is 0.497 e. The van der Waals surface area contributed by atoms with E-state index in [0.717, 1.165) is 6.42 Å². The second kappa shape index (κ2) is 4.90. The molecule has 5 heteroatoms. The van der Waals surface area contributed by atoms with Gasteiger partial charge in [0.05, 0.1) is 12.7 Å². The fourth-order valence-corrected chi connectivity index (χ4v) is 2.28. The Morgan fingerprint density at radius 2 is 2.17 bits per heavy atom. The van der Waals surface area contributed by atoms with Crippen molar-refractivity contribution in [2.24, 2.45) is 0 Å². The van der Waals surface area contributed by atoms with E-state index in [2.05, 4.69) is 0 Å². The van der Waals surface area contributed by atoms with Gasteiger partial charge >= 0.3 is 7.12 Å². The molecule has 0 spiro atoms. The van der Waals surface area contributed by atoms with Crippen molar-refractivity contribution in [2.75, 3.05) is 7.11 Å². The van der Waals surface area contributed by atoms with Gasteiger partial charge in [0, 0.05) is 17.6 Å². The maximum atomic E-state index is 14.0. The minimum absolute atomic E-state index is 0.0419. The first kappa shape index (κ1) is 13.4. The van der Waals surface area contributed by atoms with Gasteiger partial charge in [-0.25, -0.2) is 4.39 Å². The highest BCUT2D eigenvalue weighted by Gasteiger charge is 2.39. The van der Waals surface area contributed by atoms with E-state index in [1.807, 2.05) is 20.8 Å². The van der Waals surface area contributed by atoms with Crippen LogP contribution in [0.4, 0.5) is 4.39 Å². The number of hydrogen-bond acceptors (Lipinski definition) is 3. The predicted octanol–water partition coefficient (Wildman–Crippen LogP) is 2.13. The van der Waals surface area contributed by atoms with E-state index >= 15 is 0 Å². The summed E-state index contributed by atoms with van der Waals surface area (Å²) in [5.74, 6) is 0.114. The minimum atomic E-state index is -0.658. The van der Waals surface area contributed by atoms with Crippen LogP contribution in [0, 0.1) is 5.82 Å². The molecule has 1 unspecified atom stereocenters.